The van der Waals surface area contributed by atoms with Gasteiger partial charge in [-0.1, -0.05) is 46.3 Å². The second kappa shape index (κ2) is 6.26. The molecule has 2 aromatic rings. The maximum atomic E-state index is 12.4. The average Bonchev–Trinajstić information content (AvgIpc) is 2.45. The van der Waals surface area contributed by atoms with Crippen molar-refractivity contribution in [3.8, 4) is 0 Å². The van der Waals surface area contributed by atoms with Gasteiger partial charge in [-0.3, -0.25) is 4.79 Å². The molecule has 2 rings (SSSR count). The van der Waals surface area contributed by atoms with Crippen molar-refractivity contribution >= 4 is 27.8 Å². The van der Waals surface area contributed by atoms with Gasteiger partial charge in [0.25, 0.3) is 0 Å². The highest BCUT2D eigenvalue weighted by Crippen LogP contribution is 2.29. The van der Waals surface area contributed by atoms with Crippen LogP contribution in [0.3, 0.4) is 0 Å². The third kappa shape index (κ3) is 4.04. The fourth-order valence-electron chi connectivity index (χ4n) is 1.71. The largest absolute Gasteiger partial charge is 0.416 e. The number of allylic oxidation sites excluding steroid dienone is 1. The van der Waals surface area contributed by atoms with Crippen LogP contribution in [0.4, 0.5) is 13.2 Å². The highest BCUT2D eigenvalue weighted by atomic mass is 79.9. The summed E-state index contributed by atoms with van der Waals surface area (Å²) >= 11 is 3.27. The number of ketones is 1. The van der Waals surface area contributed by atoms with Gasteiger partial charge in [0.05, 0.1) is 5.56 Å². The summed E-state index contributed by atoms with van der Waals surface area (Å²) in [4.78, 5) is 12.0. The minimum absolute atomic E-state index is 0.220. The minimum Gasteiger partial charge on any atom is -0.289 e. The lowest BCUT2D eigenvalue weighted by molar-refractivity contribution is -0.137. The zero-order valence-electron chi connectivity index (χ0n) is 10.7. The summed E-state index contributed by atoms with van der Waals surface area (Å²) in [6.07, 6.45) is -1.53. The average molecular weight is 355 g/mol. The van der Waals surface area contributed by atoms with Crippen molar-refractivity contribution in [2.45, 2.75) is 6.18 Å². The van der Waals surface area contributed by atoms with E-state index >= 15 is 0 Å². The summed E-state index contributed by atoms with van der Waals surface area (Å²) in [6.45, 7) is 0. The number of halogens is 4. The van der Waals surface area contributed by atoms with Crippen LogP contribution in [0.1, 0.15) is 21.5 Å². The van der Waals surface area contributed by atoms with Gasteiger partial charge < -0.3 is 0 Å². The van der Waals surface area contributed by atoms with E-state index in [2.05, 4.69) is 15.9 Å². The normalized spacial score (nSPS) is 11.8. The van der Waals surface area contributed by atoms with E-state index < -0.39 is 11.7 Å². The summed E-state index contributed by atoms with van der Waals surface area (Å²) < 4.78 is 37.9. The third-order valence-electron chi connectivity index (χ3n) is 2.80. The predicted molar refractivity (Wildman–Crippen MR) is 79.0 cm³/mol. The molecule has 0 aliphatic carbocycles. The van der Waals surface area contributed by atoms with E-state index in [9.17, 15) is 18.0 Å². The first kappa shape index (κ1) is 15.5. The molecule has 0 heterocycles. The van der Waals surface area contributed by atoms with Crippen molar-refractivity contribution in [3.63, 3.8) is 0 Å². The van der Waals surface area contributed by atoms with Crippen molar-refractivity contribution in [1.29, 1.82) is 0 Å². The highest BCUT2D eigenvalue weighted by molar-refractivity contribution is 9.10. The molecular formula is C16H10BrF3O. The van der Waals surface area contributed by atoms with E-state index in [0.29, 0.717) is 15.6 Å². The van der Waals surface area contributed by atoms with Crippen molar-refractivity contribution in [1.82, 2.24) is 0 Å². The molecular weight excluding hydrogens is 345 g/mol. The molecule has 0 unspecified atom stereocenters. The monoisotopic (exact) mass is 354 g/mol. The number of hydrogen-bond acceptors (Lipinski definition) is 1. The molecule has 1 nitrogen and oxygen atoms in total. The van der Waals surface area contributed by atoms with E-state index in [4.69, 9.17) is 0 Å². The van der Waals surface area contributed by atoms with Crippen LogP contribution in [0.5, 0.6) is 0 Å². The first-order chi connectivity index (χ1) is 9.88. The van der Waals surface area contributed by atoms with Gasteiger partial charge in [0.1, 0.15) is 0 Å². The van der Waals surface area contributed by atoms with Gasteiger partial charge in [-0.25, -0.2) is 0 Å². The molecule has 0 aliphatic heterocycles. The number of rotatable bonds is 3. The molecule has 0 aliphatic rings. The number of hydrogen-bond donors (Lipinski definition) is 0. The second-order valence-corrected chi connectivity index (χ2v) is 5.15. The molecule has 0 amide bonds. The van der Waals surface area contributed by atoms with Crippen LogP contribution in [-0.4, -0.2) is 5.78 Å². The van der Waals surface area contributed by atoms with Gasteiger partial charge in [-0.05, 0) is 35.9 Å². The second-order valence-electron chi connectivity index (χ2n) is 4.30. The molecule has 0 bridgehead atoms. The van der Waals surface area contributed by atoms with Crippen molar-refractivity contribution < 1.29 is 18.0 Å². The van der Waals surface area contributed by atoms with E-state index in [1.54, 1.807) is 24.3 Å². The minimum atomic E-state index is -4.35. The summed E-state index contributed by atoms with van der Waals surface area (Å²) in [7, 11) is 0. The molecule has 0 atom stereocenters. The third-order valence-corrected chi connectivity index (χ3v) is 3.50. The Hall–Kier alpha value is -1.88. The Balaban J connectivity index is 2.15. The van der Waals surface area contributed by atoms with Crippen molar-refractivity contribution in [3.05, 3.63) is 75.8 Å². The number of alkyl halides is 3. The Bertz CT molecular complexity index is 673. The Kier molecular flexibility index (Phi) is 4.63. The molecule has 0 fully saturated rings. The molecule has 0 saturated carbocycles. The van der Waals surface area contributed by atoms with Crippen LogP contribution in [0.25, 0.3) is 6.08 Å². The van der Waals surface area contributed by atoms with E-state index in [-0.39, 0.29) is 5.78 Å². The zero-order valence-corrected chi connectivity index (χ0v) is 12.3. The first-order valence-corrected chi connectivity index (χ1v) is 6.81. The lowest BCUT2D eigenvalue weighted by atomic mass is 10.1. The maximum Gasteiger partial charge on any atom is 0.416 e. The summed E-state index contributed by atoms with van der Waals surface area (Å²) in [5.41, 5.74) is 0.320. The van der Waals surface area contributed by atoms with Gasteiger partial charge in [0.15, 0.2) is 5.78 Å². The lowest BCUT2D eigenvalue weighted by Crippen LogP contribution is -2.04. The molecule has 0 saturated heterocycles. The smallest absolute Gasteiger partial charge is 0.289 e. The SMILES string of the molecule is O=C(C=Cc1ccc(C(F)(F)F)cc1)c1ccccc1Br. The van der Waals surface area contributed by atoms with E-state index in [1.807, 2.05) is 0 Å². The molecule has 0 aromatic heterocycles. The fraction of sp³-hybridized carbons (Fsp3) is 0.0625. The van der Waals surface area contributed by atoms with Gasteiger partial charge in [0, 0.05) is 10.0 Å². The Labute approximate surface area is 128 Å². The van der Waals surface area contributed by atoms with E-state index in [0.717, 1.165) is 12.1 Å². The zero-order chi connectivity index (χ0) is 15.5. The Morgan fingerprint density at radius 3 is 2.19 bits per heavy atom. The van der Waals surface area contributed by atoms with Crippen LogP contribution in [0.15, 0.2) is 59.1 Å². The van der Waals surface area contributed by atoms with Crippen molar-refractivity contribution in [2.75, 3.05) is 0 Å². The van der Waals surface area contributed by atoms with Crippen LogP contribution < -0.4 is 0 Å². The first-order valence-electron chi connectivity index (χ1n) is 6.02. The number of carbonyl (C=O) groups is 1. The molecule has 108 valence electrons. The van der Waals surface area contributed by atoms with Gasteiger partial charge in [-0.2, -0.15) is 13.2 Å². The number of carbonyl (C=O) groups excluding carboxylic acids is 1. The van der Waals surface area contributed by atoms with Crippen LogP contribution >= 0.6 is 15.9 Å². The Morgan fingerprint density at radius 1 is 1.00 bits per heavy atom. The summed E-state index contributed by atoms with van der Waals surface area (Å²) in [5, 5.41) is 0. The van der Waals surface area contributed by atoms with Crippen molar-refractivity contribution in [2.24, 2.45) is 0 Å². The summed E-state index contributed by atoms with van der Waals surface area (Å²) in [6, 6.07) is 11.6. The molecule has 0 N–H and O–H groups in total. The van der Waals surface area contributed by atoms with Crippen LogP contribution in [-0.2, 0) is 6.18 Å². The molecule has 2 aromatic carbocycles. The van der Waals surface area contributed by atoms with Crippen LogP contribution in [0, 0.1) is 0 Å². The number of benzene rings is 2. The fourth-order valence-corrected chi connectivity index (χ4v) is 2.19. The van der Waals surface area contributed by atoms with Gasteiger partial charge >= 0.3 is 6.18 Å². The van der Waals surface area contributed by atoms with Crippen LogP contribution in [0.2, 0.25) is 0 Å². The topological polar surface area (TPSA) is 17.1 Å². The highest BCUT2D eigenvalue weighted by Gasteiger charge is 2.29. The molecule has 21 heavy (non-hydrogen) atoms. The Morgan fingerprint density at radius 2 is 1.62 bits per heavy atom. The molecule has 0 spiro atoms. The predicted octanol–water partition coefficient (Wildman–Crippen LogP) is 5.36. The standard InChI is InChI=1S/C16H10BrF3O/c17-14-4-2-1-3-13(14)15(21)10-7-11-5-8-12(9-6-11)16(18,19)20/h1-10H. The summed E-state index contributed by atoms with van der Waals surface area (Å²) in [5.74, 6) is -0.220. The van der Waals surface area contributed by atoms with Gasteiger partial charge in [-0.15, -0.1) is 0 Å². The quantitative estimate of drug-likeness (QED) is 0.535. The maximum absolute atomic E-state index is 12.4. The molecule has 5 heteroatoms. The van der Waals surface area contributed by atoms with E-state index in [1.165, 1.54) is 24.3 Å². The lowest BCUT2D eigenvalue weighted by Gasteiger charge is -2.05. The van der Waals surface area contributed by atoms with Gasteiger partial charge in [0.2, 0.25) is 0 Å². The molecule has 0 radical (unpaired) electrons.